The third kappa shape index (κ3) is 3.92. The van der Waals surface area contributed by atoms with Gasteiger partial charge < -0.3 is 4.42 Å². The Labute approximate surface area is 168 Å². The van der Waals surface area contributed by atoms with E-state index in [0.717, 1.165) is 41.0 Å². The van der Waals surface area contributed by atoms with E-state index in [1.165, 1.54) is 12.8 Å². The number of aromatic nitrogens is 4. The van der Waals surface area contributed by atoms with Crippen LogP contribution in [-0.2, 0) is 5.75 Å². The highest BCUT2D eigenvalue weighted by Crippen LogP contribution is 2.38. The Balaban J connectivity index is 1.63. The first-order valence-corrected chi connectivity index (χ1v) is 10.8. The van der Waals surface area contributed by atoms with Crippen molar-refractivity contribution in [1.82, 2.24) is 19.7 Å². The Bertz CT molecular complexity index is 914. The molecule has 0 atom stereocenters. The smallest absolute Gasteiger partial charge is 0.204 e. The number of nitrogens with zero attached hydrogens (tertiary/aromatic N) is 4. The first-order valence-electron chi connectivity index (χ1n) is 9.40. The number of thioether (sulfide) groups is 1. The number of oxazole rings is 1. The van der Waals surface area contributed by atoms with E-state index in [4.69, 9.17) is 16.0 Å². The number of benzene rings is 1. The lowest BCUT2D eigenvalue weighted by molar-refractivity contribution is 0.453. The van der Waals surface area contributed by atoms with Crippen LogP contribution < -0.4 is 0 Å². The molecule has 142 valence electrons. The third-order valence-corrected chi connectivity index (χ3v) is 6.19. The Morgan fingerprint density at radius 3 is 2.70 bits per heavy atom. The van der Waals surface area contributed by atoms with Crippen molar-refractivity contribution in [2.75, 3.05) is 0 Å². The highest BCUT2D eigenvalue weighted by molar-refractivity contribution is 7.98. The highest BCUT2D eigenvalue weighted by atomic mass is 35.5. The summed E-state index contributed by atoms with van der Waals surface area (Å²) >= 11 is 8.06. The highest BCUT2D eigenvalue weighted by Gasteiger charge is 2.26. The maximum atomic E-state index is 6.44. The minimum Gasteiger partial charge on any atom is -0.445 e. The van der Waals surface area contributed by atoms with E-state index >= 15 is 0 Å². The van der Waals surface area contributed by atoms with Gasteiger partial charge in [-0.1, -0.05) is 62.2 Å². The van der Waals surface area contributed by atoms with Crippen molar-refractivity contribution in [3.63, 3.8) is 0 Å². The van der Waals surface area contributed by atoms with Gasteiger partial charge in [-0.15, -0.1) is 10.2 Å². The predicted molar refractivity (Wildman–Crippen MR) is 108 cm³/mol. The van der Waals surface area contributed by atoms with Crippen LogP contribution in [-0.4, -0.2) is 19.7 Å². The SMILES string of the molecule is CC(C)c1cnc(CSc2nnc(-c3ccccc3Cl)n2C2CCCC2)o1. The van der Waals surface area contributed by atoms with Crippen LogP contribution in [0.25, 0.3) is 11.4 Å². The minimum absolute atomic E-state index is 0.338. The fourth-order valence-electron chi connectivity index (χ4n) is 3.48. The van der Waals surface area contributed by atoms with Gasteiger partial charge in [0, 0.05) is 17.5 Å². The zero-order valence-corrected chi connectivity index (χ0v) is 17.1. The average Bonchev–Trinajstić information content (AvgIpc) is 3.40. The molecule has 1 saturated carbocycles. The van der Waals surface area contributed by atoms with E-state index in [9.17, 15) is 0 Å². The Morgan fingerprint density at radius 2 is 2.00 bits per heavy atom. The molecule has 1 aliphatic carbocycles. The van der Waals surface area contributed by atoms with Gasteiger partial charge in [0.05, 0.1) is 17.0 Å². The molecule has 0 spiro atoms. The lowest BCUT2D eigenvalue weighted by atomic mass is 10.2. The van der Waals surface area contributed by atoms with E-state index in [2.05, 4.69) is 33.6 Å². The molecule has 0 unspecified atom stereocenters. The molecule has 0 amide bonds. The maximum Gasteiger partial charge on any atom is 0.204 e. The fraction of sp³-hybridized carbons (Fsp3) is 0.450. The molecule has 7 heteroatoms. The molecule has 0 bridgehead atoms. The van der Waals surface area contributed by atoms with E-state index in [-0.39, 0.29) is 0 Å². The summed E-state index contributed by atoms with van der Waals surface area (Å²) < 4.78 is 8.10. The molecule has 1 fully saturated rings. The van der Waals surface area contributed by atoms with Crippen molar-refractivity contribution in [1.29, 1.82) is 0 Å². The van der Waals surface area contributed by atoms with Crippen molar-refractivity contribution < 1.29 is 4.42 Å². The normalized spacial score (nSPS) is 15.1. The van der Waals surface area contributed by atoms with Gasteiger partial charge >= 0.3 is 0 Å². The quantitative estimate of drug-likeness (QED) is 0.465. The van der Waals surface area contributed by atoms with Crippen molar-refractivity contribution in [3.05, 3.63) is 47.1 Å². The molecule has 0 saturated heterocycles. The van der Waals surface area contributed by atoms with Crippen LogP contribution in [0.2, 0.25) is 5.02 Å². The summed E-state index contributed by atoms with van der Waals surface area (Å²) in [5.41, 5.74) is 0.934. The second-order valence-electron chi connectivity index (χ2n) is 7.19. The maximum absolute atomic E-state index is 6.44. The van der Waals surface area contributed by atoms with Crippen molar-refractivity contribution in [2.45, 2.75) is 62.4 Å². The molecular weight excluding hydrogens is 380 g/mol. The van der Waals surface area contributed by atoms with Crippen LogP contribution in [0.1, 0.15) is 63.1 Å². The Kier molecular flexibility index (Phi) is 5.55. The predicted octanol–water partition coefficient (Wildman–Crippen LogP) is 6.12. The summed E-state index contributed by atoms with van der Waals surface area (Å²) in [5.74, 6) is 3.47. The molecule has 0 N–H and O–H groups in total. The minimum atomic E-state index is 0.338. The molecule has 3 aromatic rings. The number of hydrogen-bond donors (Lipinski definition) is 0. The largest absolute Gasteiger partial charge is 0.445 e. The van der Waals surface area contributed by atoms with E-state index in [1.54, 1.807) is 11.8 Å². The van der Waals surface area contributed by atoms with E-state index < -0.39 is 0 Å². The first-order chi connectivity index (χ1) is 13.1. The fourth-order valence-corrected chi connectivity index (χ4v) is 4.56. The van der Waals surface area contributed by atoms with Crippen LogP contribution in [0.15, 0.2) is 40.0 Å². The van der Waals surface area contributed by atoms with Crippen LogP contribution >= 0.6 is 23.4 Å². The monoisotopic (exact) mass is 402 g/mol. The molecule has 4 rings (SSSR count). The zero-order chi connectivity index (χ0) is 18.8. The lowest BCUT2D eigenvalue weighted by Crippen LogP contribution is -2.08. The zero-order valence-electron chi connectivity index (χ0n) is 15.6. The summed E-state index contributed by atoms with van der Waals surface area (Å²) in [6.07, 6.45) is 6.61. The van der Waals surface area contributed by atoms with Gasteiger partial charge in [-0.2, -0.15) is 0 Å². The van der Waals surface area contributed by atoms with Gasteiger partial charge in [-0.25, -0.2) is 4.98 Å². The lowest BCUT2D eigenvalue weighted by Gasteiger charge is -2.17. The summed E-state index contributed by atoms with van der Waals surface area (Å²) in [5, 5.41) is 10.6. The number of hydrogen-bond acceptors (Lipinski definition) is 5. The molecule has 1 aromatic carbocycles. The summed E-state index contributed by atoms with van der Waals surface area (Å²) in [6, 6.07) is 8.26. The van der Waals surface area contributed by atoms with Gasteiger partial charge in [-0.05, 0) is 25.0 Å². The van der Waals surface area contributed by atoms with Gasteiger partial charge in [0.15, 0.2) is 11.0 Å². The topological polar surface area (TPSA) is 56.7 Å². The first kappa shape index (κ1) is 18.6. The molecule has 2 heterocycles. The molecule has 1 aliphatic rings. The Hall–Kier alpha value is -1.79. The average molecular weight is 403 g/mol. The van der Waals surface area contributed by atoms with E-state index in [0.29, 0.717) is 22.7 Å². The Morgan fingerprint density at radius 1 is 1.22 bits per heavy atom. The van der Waals surface area contributed by atoms with Gasteiger partial charge in [0.25, 0.3) is 0 Å². The molecule has 0 radical (unpaired) electrons. The molecular formula is C20H23ClN4OS. The second kappa shape index (κ2) is 8.07. The van der Waals surface area contributed by atoms with Crippen molar-refractivity contribution >= 4 is 23.4 Å². The summed E-state index contributed by atoms with van der Waals surface area (Å²) in [4.78, 5) is 4.39. The van der Waals surface area contributed by atoms with Crippen LogP contribution in [0, 0.1) is 0 Å². The third-order valence-electron chi connectivity index (χ3n) is 4.93. The molecule has 27 heavy (non-hydrogen) atoms. The van der Waals surface area contributed by atoms with Crippen LogP contribution in [0.4, 0.5) is 0 Å². The van der Waals surface area contributed by atoms with Crippen LogP contribution in [0.5, 0.6) is 0 Å². The van der Waals surface area contributed by atoms with Gasteiger partial charge in [-0.3, -0.25) is 4.57 Å². The van der Waals surface area contributed by atoms with E-state index in [1.807, 2.05) is 30.5 Å². The van der Waals surface area contributed by atoms with Crippen LogP contribution in [0.3, 0.4) is 0 Å². The van der Waals surface area contributed by atoms with Crippen molar-refractivity contribution in [2.24, 2.45) is 0 Å². The summed E-state index contributed by atoms with van der Waals surface area (Å²) in [7, 11) is 0. The summed E-state index contributed by atoms with van der Waals surface area (Å²) in [6.45, 7) is 4.20. The van der Waals surface area contributed by atoms with Crippen molar-refractivity contribution in [3.8, 4) is 11.4 Å². The standard InChI is InChI=1S/C20H23ClN4OS/c1-13(2)17-11-22-18(26-17)12-27-20-24-23-19(15-9-5-6-10-16(15)21)25(20)14-7-3-4-8-14/h5-6,9-11,13-14H,3-4,7-8,12H2,1-2H3. The molecule has 0 aliphatic heterocycles. The van der Waals surface area contributed by atoms with Gasteiger partial charge in [0.1, 0.15) is 5.76 Å². The number of halogens is 1. The number of rotatable bonds is 6. The van der Waals surface area contributed by atoms with Gasteiger partial charge in [0.2, 0.25) is 5.89 Å². The second-order valence-corrected chi connectivity index (χ2v) is 8.54. The molecule has 5 nitrogen and oxygen atoms in total. The molecule has 2 aromatic heterocycles.